The predicted molar refractivity (Wildman–Crippen MR) is 74.6 cm³/mol. The minimum atomic E-state index is -0.490. The van der Waals surface area contributed by atoms with Gasteiger partial charge in [-0.05, 0) is 11.1 Å². The lowest BCUT2D eigenvalue weighted by Crippen LogP contribution is -2.36. The highest BCUT2D eigenvalue weighted by Crippen LogP contribution is 2.18. The summed E-state index contributed by atoms with van der Waals surface area (Å²) in [4.78, 5) is 2.20. The number of β-amino-alcohol motifs (C(OH)–C–C–N with tert-alkyl or cyclic N) is 1. The van der Waals surface area contributed by atoms with Crippen molar-refractivity contribution in [3.63, 3.8) is 0 Å². The lowest BCUT2D eigenvalue weighted by atomic mass is 10.1. The summed E-state index contributed by atoms with van der Waals surface area (Å²) in [7, 11) is 0. The Morgan fingerprint density at radius 1 is 1.25 bits per heavy atom. The molecule has 0 spiro atoms. The summed E-state index contributed by atoms with van der Waals surface area (Å²) in [6, 6.07) is 7.81. The van der Waals surface area contributed by atoms with E-state index in [4.69, 9.17) is 5.73 Å². The third-order valence-electron chi connectivity index (χ3n) is 3.75. The molecule has 0 aliphatic carbocycles. The Kier molecular flexibility index (Phi) is 3.77. The van der Waals surface area contributed by atoms with Gasteiger partial charge in [-0.2, -0.15) is 0 Å². The summed E-state index contributed by atoms with van der Waals surface area (Å²) in [5.74, 6) is 0.960. The van der Waals surface area contributed by atoms with Gasteiger partial charge in [0.15, 0.2) is 0 Å². The van der Waals surface area contributed by atoms with Crippen LogP contribution in [-0.2, 0) is 19.6 Å². The number of nitrogens with two attached hydrogens (primary N) is 1. The molecule has 106 valence electrons. The molecular weight excluding hydrogens is 254 g/mol. The normalized spacial score (nSPS) is 16.9. The zero-order valence-corrected chi connectivity index (χ0v) is 11.3. The maximum absolute atomic E-state index is 10.3. The van der Waals surface area contributed by atoms with E-state index >= 15 is 0 Å². The van der Waals surface area contributed by atoms with Gasteiger partial charge in [0, 0.05) is 26.2 Å². The van der Waals surface area contributed by atoms with Crippen LogP contribution in [0.3, 0.4) is 0 Å². The molecule has 2 aromatic rings. The Morgan fingerprint density at radius 3 is 2.80 bits per heavy atom. The van der Waals surface area contributed by atoms with Crippen LogP contribution in [0.5, 0.6) is 0 Å². The van der Waals surface area contributed by atoms with E-state index in [0.717, 1.165) is 36.6 Å². The topological polar surface area (TPSA) is 80.2 Å². The second-order valence-corrected chi connectivity index (χ2v) is 5.14. The van der Waals surface area contributed by atoms with Crippen molar-refractivity contribution >= 4 is 0 Å². The van der Waals surface area contributed by atoms with Gasteiger partial charge in [0.25, 0.3) is 0 Å². The molecule has 1 aliphatic rings. The minimum Gasteiger partial charge on any atom is -0.387 e. The molecule has 1 aromatic carbocycles. The van der Waals surface area contributed by atoms with E-state index in [2.05, 4.69) is 19.7 Å². The van der Waals surface area contributed by atoms with E-state index in [-0.39, 0.29) is 0 Å². The van der Waals surface area contributed by atoms with Gasteiger partial charge >= 0.3 is 0 Å². The summed E-state index contributed by atoms with van der Waals surface area (Å²) in [5.41, 5.74) is 7.58. The molecule has 1 atom stereocenters. The van der Waals surface area contributed by atoms with Crippen LogP contribution >= 0.6 is 0 Å². The minimum absolute atomic E-state index is 0.490. The summed E-state index contributed by atoms with van der Waals surface area (Å²) in [6.07, 6.45) is 1.27. The van der Waals surface area contributed by atoms with Crippen LogP contribution in [0.25, 0.3) is 0 Å². The van der Waals surface area contributed by atoms with Crippen molar-refractivity contribution in [2.45, 2.75) is 25.7 Å². The van der Waals surface area contributed by atoms with Gasteiger partial charge in [-0.1, -0.05) is 24.3 Å². The number of nitrogens with zero attached hydrogens (tertiary/aromatic N) is 4. The van der Waals surface area contributed by atoms with Crippen molar-refractivity contribution in [2.75, 3.05) is 13.1 Å². The monoisotopic (exact) mass is 273 g/mol. The molecule has 6 nitrogen and oxygen atoms in total. The Morgan fingerprint density at radius 2 is 2.05 bits per heavy atom. The van der Waals surface area contributed by atoms with Crippen LogP contribution < -0.4 is 5.73 Å². The van der Waals surface area contributed by atoms with Crippen LogP contribution in [0.1, 0.15) is 23.1 Å². The van der Waals surface area contributed by atoms with Gasteiger partial charge in [-0.3, -0.25) is 4.90 Å². The number of fused-ring (bicyclic) bond motifs is 1. The molecule has 2 heterocycles. The lowest BCUT2D eigenvalue weighted by Gasteiger charge is -2.28. The zero-order valence-electron chi connectivity index (χ0n) is 11.3. The van der Waals surface area contributed by atoms with Crippen molar-refractivity contribution < 1.29 is 5.11 Å². The number of hydrogen-bond acceptors (Lipinski definition) is 5. The van der Waals surface area contributed by atoms with E-state index in [1.54, 1.807) is 6.33 Å². The highest BCUT2D eigenvalue weighted by atomic mass is 16.3. The number of aliphatic hydroxyl groups is 1. The third-order valence-corrected chi connectivity index (χ3v) is 3.75. The van der Waals surface area contributed by atoms with Gasteiger partial charge in [0.1, 0.15) is 12.2 Å². The SMILES string of the molecule is NCc1ccc(C(O)CN2CCn3cnnc3C2)cc1. The van der Waals surface area contributed by atoms with E-state index < -0.39 is 6.10 Å². The summed E-state index contributed by atoms with van der Waals surface area (Å²) < 4.78 is 2.05. The average molecular weight is 273 g/mol. The second kappa shape index (κ2) is 5.70. The highest BCUT2D eigenvalue weighted by Gasteiger charge is 2.20. The number of hydrogen-bond donors (Lipinski definition) is 2. The molecule has 0 bridgehead atoms. The summed E-state index contributed by atoms with van der Waals surface area (Å²) in [5, 5.41) is 18.3. The molecule has 3 N–H and O–H groups in total. The van der Waals surface area contributed by atoms with E-state index in [0.29, 0.717) is 13.1 Å². The fourth-order valence-electron chi connectivity index (χ4n) is 2.50. The lowest BCUT2D eigenvalue weighted by molar-refractivity contribution is 0.0962. The number of aliphatic hydroxyl groups excluding tert-OH is 1. The van der Waals surface area contributed by atoms with E-state index in [1.807, 2.05) is 24.3 Å². The third kappa shape index (κ3) is 2.72. The molecule has 0 amide bonds. The van der Waals surface area contributed by atoms with Crippen molar-refractivity contribution in [2.24, 2.45) is 5.73 Å². The predicted octanol–water partition coefficient (Wildman–Crippen LogP) is 0.286. The van der Waals surface area contributed by atoms with Crippen molar-refractivity contribution in [3.05, 3.63) is 47.5 Å². The number of benzene rings is 1. The molecule has 20 heavy (non-hydrogen) atoms. The molecular formula is C14H19N5O. The van der Waals surface area contributed by atoms with Gasteiger partial charge in [-0.15, -0.1) is 10.2 Å². The standard InChI is InChI=1S/C14H19N5O/c15-7-11-1-3-12(4-2-11)13(20)8-18-5-6-19-10-16-17-14(19)9-18/h1-4,10,13,20H,5-9,15H2. The Bertz CT molecular complexity index is 565. The first-order valence-electron chi connectivity index (χ1n) is 6.82. The van der Waals surface area contributed by atoms with Crippen LogP contribution in [0.4, 0.5) is 0 Å². The molecule has 1 aromatic heterocycles. The fraction of sp³-hybridized carbons (Fsp3) is 0.429. The van der Waals surface area contributed by atoms with Crippen molar-refractivity contribution in [1.82, 2.24) is 19.7 Å². The first-order valence-corrected chi connectivity index (χ1v) is 6.82. The average Bonchev–Trinajstić information content (AvgIpc) is 2.95. The Hall–Kier alpha value is -1.76. The van der Waals surface area contributed by atoms with E-state index in [9.17, 15) is 5.11 Å². The first-order chi connectivity index (χ1) is 9.76. The quantitative estimate of drug-likeness (QED) is 0.836. The zero-order chi connectivity index (χ0) is 13.9. The molecule has 1 unspecified atom stereocenters. The van der Waals surface area contributed by atoms with Crippen LogP contribution in [0.2, 0.25) is 0 Å². The molecule has 6 heteroatoms. The van der Waals surface area contributed by atoms with Gasteiger partial charge in [-0.25, -0.2) is 0 Å². The van der Waals surface area contributed by atoms with Crippen molar-refractivity contribution in [3.8, 4) is 0 Å². The highest BCUT2D eigenvalue weighted by molar-refractivity contribution is 5.24. The van der Waals surface area contributed by atoms with Gasteiger partial charge in [0.2, 0.25) is 0 Å². The molecule has 0 saturated heterocycles. The molecule has 0 radical (unpaired) electrons. The Balaban J connectivity index is 1.63. The number of rotatable bonds is 4. The summed E-state index contributed by atoms with van der Waals surface area (Å²) in [6.45, 7) is 3.65. The van der Waals surface area contributed by atoms with Gasteiger partial charge < -0.3 is 15.4 Å². The second-order valence-electron chi connectivity index (χ2n) is 5.14. The number of aromatic nitrogens is 3. The van der Waals surface area contributed by atoms with Crippen LogP contribution in [0.15, 0.2) is 30.6 Å². The van der Waals surface area contributed by atoms with Gasteiger partial charge in [0.05, 0.1) is 12.6 Å². The van der Waals surface area contributed by atoms with Crippen LogP contribution in [-0.4, -0.2) is 37.9 Å². The van der Waals surface area contributed by atoms with Crippen LogP contribution in [0, 0.1) is 0 Å². The fourth-order valence-corrected chi connectivity index (χ4v) is 2.50. The van der Waals surface area contributed by atoms with Crippen molar-refractivity contribution in [1.29, 1.82) is 0 Å². The van der Waals surface area contributed by atoms with E-state index in [1.165, 1.54) is 0 Å². The molecule has 0 fully saturated rings. The summed E-state index contributed by atoms with van der Waals surface area (Å²) >= 11 is 0. The first kappa shape index (κ1) is 13.2. The maximum atomic E-state index is 10.3. The maximum Gasteiger partial charge on any atom is 0.147 e. The largest absolute Gasteiger partial charge is 0.387 e. The molecule has 0 saturated carbocycles. The smallest absolute Gasteiger partial charge is 0.147 e. The molecule has 1 aliphatic heterocycles. The molecule has 3 rings (SSSR count). The Labute approximate surface area is 117 Å².